The van der Waals surface area contributed by atoms with E-state index in [9.17, 15) is 14.7 Å². The SMILES string of the molecule is COc1ccc(CO[C@@H](C)[C@H](O[Si](C(C)C)(C(C)C)C(C)C)[C@H](CCC[C@](C)(NC(=O)OC(C)(C)C)C(=O)O)Cc2ccc(OC)cc2)cc1. The van der Waals surface area contributed by atoms with Crippen LogP contribution in [0.2, 0.25) is 16.6 Å². The molecule has 10 heteroatoms. The monoisotopic (exact) mass is 715 g/mol. The van der Waals surface area contributed by atoms with E-state index in [1.165, 1.54) is 0 Å². The van der Waals surface area contributed by atoms with Crippen LogP contribution in [0.1, 0.15) is 107 Å². The lowest BCUT2D eigenvalue weighted by molar-refractivity contribution is -0.144. The Morgan fingerprint density at radius 1 is 0.780 bits per heavy atom. The van der Waals surface area contributed by atoms with Crippen molar-refractivity contribution in [3.63, 3.8) is 0 Å². The normalized spacial score (nSPS) is 15.4. The number of methoxy groups -OCH3 is 2. The van der Waals surface area contributed by atoms with E-state index in [0.717, 1.165) is 22.6 Å². The first-order chi connectivity index (χ1) is 23.3. The molecule has 0 aliphatic heterocycles. The molecule has 0 bridgehead atoms. The van der Waals surface area contributed by atoms with Crippen molar-refractivity contribution >= 4 is 20.4 Å². The summed E-state index contributed by atoms with van der Waals surface area (Å²) in [4.78, 5) is 25.2. The topological polar surface area (TPSA) is 113 Å². The van der Waals surface area contributed by atoms with E-state index in [1.807, 2.05) is 36.4 Å². The van der Waals surface area contributed by atoms with Crippen LogP contribution in [0.3, 0.4) is 0 Å². The second kappa shape index (κ2) is 19.0. The largest absolute Gasteiger partial charge is 0.497 e. The maximum absolute atomic E-state index is 12.7. The van der Waals surface area contributed by atoms with E-state index in [4.69, 9.17) is 23.4 Å². The Morgan fingerprint density at radius 2 is 1.26 bits per heavy atom. The minimum absolute atomic E-state index is 0.0167. The Labute approximate surface area is 302 Å². The highest BCUT2D eigenvalue weighted by Crippen LogP contribution is 2.45. The zero-order valence-corrected chi connectivity index (χ0v) is 33.9. The standard InChI is InChI=1S/C40H65NO8Si/c1-27(2)50(28(3)4,29(5)6)49-36(30(7)47-26-32-18-22-35(46-13)23-19-32)33(25-31-16-20-34(45-12)21-17-31)15-14-24-40(11,37(42)43)41-38(44)48-39(8,9)10/h16-23,27-30,33,36H,14-15,24-26H2,1-13H3,(H,41,44)(H,42,43)/t30-,33+,36-,40-/m0/s1. The minimum Gasteiger partial charge on any atom is -0.497 e. The van der Waals surface area contributed by atoms with Gasteiger partial charge >= 0.3 is 12.1 Å². The maximum atomic E-state index is 12.7. The minimum atomic E-state index is -2.39. The third kappa shape index (κ3) is 12.3. The molecule has 50 heavy (non-hydrogen) atoms. The summed E-state index contributed by atoms with van der Waals surface area (Å²) in [6, 6.07) is 16.0. The molecule has 4 atom stereocenters. The number of carboxylic acids is 1. The molecule has 2 aromatic carbocycles. The number of carboxylic acid groups (broad SMARTS) is 1. The highest BCUT2D eigenvalue weighted by atomic mass is 28.4. The number of benzene rings is 2. The molecule has 0 aliphatic carbocycles. The summed E-state index contributed by atoms with van der Waals surface area (Å²) < 4.78 is 30.5. The lowest BCUT2D eigenvalue weighted by Gasteiger charge is -2.47. The highest BCUT2D eigenvalue weighted by molar-refractivity contribution is 6.77. The van der Waals surface area contributed by atoms with Crippen LogP contribution in [-0.2, 0) is 31.7 Å². The molecule has 0 aliphatic rings. The summed E-state index contributed by atoms with van der Waals surface area (Å²) in [7, 11) is 0.916. The molecular weight excluding hydrogens is 651 g/mol. The lowest BCUT2D eigenvalue weighted by atomic mass is 9.84. The van der Waals surface area contributed by atoms with Crippen LogP contribution in [-0.4, -0.2) is 63.1 Å². The molecule has 2 rings (SSSR count). The summed E-state index contributed by atoms with van der Waals surface area (Å²) in [6.07, 6.45) is 0.816. The number of hydrogen-bond donors (Lipinski definition) is 2. The van der Waals surface area contributed by atoms with Crippen molar-refractivity contribution in [1.29, 1.82) is 0 Å². The Balaban J connectivity index is 2.54. The zero-order valence-electron chi connectivity index (χ0n) is 32.9. The number of hydrogen-bond acceptors (Lipinski definition) is 7. The van der Waals surface area contributed by atoms with Crippen molar-refractivity contribution in [2.45, 2.75) is 148 Å². The number of aliphatic carboxylic acids is 1. The van der Waals surface area contributed by atoms with Crippen molar-refractivity contribution < 1.29 is 38.1 Å². The number of carbonyl (C=O) groups excluding carboxylic acids is 1. The summed E-state index contributed by atoms with van der Waals surface area (Å²) in [6.45, 7) is 23.0. The number of alkyl carbamates (subject to hydrolysis) is 1. The average molecular weight is 716 g/mol. The first-order valence-electron chi connectivity index (χ1n) is 18.1. The van der Waals surface area contributed by atoms with E-state index in [-0.39, 0.29) is 24.5 Å². The fraction of sp³-hybridized carbons (Fsp3) is 0.650. The van der Waals surface area contributed by atoms with Crippen LogP contribution >= 0.6 is 0 Å². The molecule has 0 spiro atoms. The quantitative estimate of drug-likeness (QED) is 0.130. The van der Waals surface area contributed by atoms with Crippen LogP contribution < -0.4 is 14.8 Å². The molecule has 2 N–H and O–H groups in total. The Morgan fingerprint density at radius 3 is 1.68 bits per heavy atom. The molecule has 1 amide bonds. The van der Waals surface area contributed by atoms with Gasteiger partial charge in [0.1, 0.15) is 22.6 Å². The maximum Gasteiger partial charge on any atom is 0.408 e. The number of carbonyl (C=O) groups is 2. The van der Waals surface area contributed by atoms with E-state index >= 15 is 0 Å². The fourth-order valence-corrected chi connectivity index (χ4v) is 12.9. The van der Waals surface area contributed by atoms with Crippen LogP contribution in [0.5, 0.6) is 11.5 Å². The first kappa shape index (κ1) is 43.1. The van der Waals surface area contributed by atoms with Crippen molar-refractivity contribution in [2.24, 2.45) is 5.92 Å². The molecule has 0 fully saturated rings. The molecular formula is C40H65NO8Si. The number of nitrogens with one attached hydrogen (secondary N) is 1. The van der Waals surface area contributed by atoms with Crippen LogP contribution in [0, 0.1) is 5.92 Å². The van der Waals surface area contributed by atoms with Crippen LogP contribution in [0.25, 0.3) is 0 Å². The number of amides is 1. The predicted octanol–water partition coefficient (Wildman–Crippen LogP) is 9.57. The van der Waals surface area contributed by atoms with Gasteiger partial charge in [0.05, 0.1) is 33.0 Å². The van der Waals surface area contributed by atoms with Gasteiger partial charge in [-0.2, -0.15) is 0 Å². The van der Waals surface area contributed by atoms with Gasteiger partial charge in [-0.05, 0) is 112 Å². The molecule has 2 aromatic rings. The zero-order chi connectivity index (χ0) is 37.9. The van der Waals surface area contributed by atoms with Crippen LogP contribution in [0.4, 0.5) is 4.79 Å². The van der Waals surface area contributed by atoms with Gasteiger partial charge in [-0.25, -0.2) is 9.59 Å². The third-order valence-corrected chi connectivity index (χ3v) is 15.9. The van der Waals surface area contributed by atoms with Crippen molar-refractivity contribution in [3.05, 3.63) is 59.7 Å². The van der Waals surface area contributed by atoms with E-state index in [1.54, 1.807) is 41.9 Å². The average Bonchev–Trinajstić information content (AvgIpc) is 3.02. The second-order valence-corrected chi connectivity index (χ2v) is 21.1. The summed E-state index contributed by atoms with van der Waals surface area (Å²) in [5, 5.41) is 12.9. The second-order valence-electron chi connectivity index (χ2n) is 15.7. The summed E-state index contributed by atoms with van der Waals surface area (Å²) in [5.74, 6) is 0.450. The fourth-order valence-electron chi connectivity index (χ4n) is 7.18. The molecule has 0 saturated carbocycles. The van der Waals surface area contributed by atoms with Gasteiger partial charge in [-0.1, -0.05) is 72.2 Å². The van der Waals surface area contributed by atoms with Crippen molar-refractivity contribution in [2.75, 3.05) is 14.2 Å². The van der Waals surface area contributed by atoms with Gasteiger partial charge in [0.15, 0.2) is 0 Å². The molecule has 9 nitrogen and oxygen atoms in total. The van der Waals surface area contributed by atoms with E-state index in [0.29, 0.717) is 42.5 Å². The van der Waals surface area contributed by atoms with Gasteiger partial charge in [0.25, 0.3) is 0 Å². The Hall–Kier alpha value is -3.08. The van der Waals surface area contributed by atoms with Gasteiger partial charge in [0.2, 0.25) is 8.32 Å². The van der Waals surface area contributed by atoms with Crippen molar-refractivity contribution in [1.82, 2.24) is 5.32 Å². The van der Waals surface area contributed by atoms with Gasteiger partial charge in [0, 0.05) is 0 Å². The molecule has 0 aromatic heterocycles. The van der Waals surface area contributed by atoms with Gasteiger partial charge in [-0.3, -0.25) is 0 Å². The molecule has 282 valence electrons. The van der Waals surface area contributed by atoms with Crippen molar-refractivity contribution in [3.8, 4) is 11.5 Å². The Bertz CT molecular complexity index is 1300. The summed E-state index contributed by atoms with van der Waals surface area (Å²) >= 11 is 0. The van der Waals surface area contributed by atoms with Gasteiger partial charge in [-0.15, -0.1) is 0 Å². The molecule has 0 heterocycles. The Kier molecular flexibility index (Phi) is 16.3. The predicted molar refractivity (Wildman–Crippen MR) is 203 cm³/mol. The third-order valence-electron chi connectivity index (χ3n) is 9.80. The molecule has 0 unspecified atom stereocenters. The lowest BCUT2D eigenvalue weighted by Crippen LogP contribution is -2.54. The highest BCUT2D eigenvalue weighted by Gasteiger charge is 2.49. The number of rotatable bonds is 20. The smallest absolute Gasteiger partial charge is 0.408 e. The van der Waals surface area contributed by atoms with E-state index < -0.39 is 31.5 Å². The van der Waals surface area contributed by atoms with Crippen LogP contribution in [0.15, 0.2) is 48.5 Å². The van der Waals surface area contributed by atoms with E-state index in [2.05, 4.69) is 65.9 Å². The molecule has 0 radical (unpaired) electrons. The summed E-state index contributed by atoms with van der Waals surface area (Å²) in [5.41, 5.74) is 0.973. The van der Waals surface area contributed by atoms with Gasteiger partial charge < -0.3 is 33.8 Å². The molecule has 0 saturated heterocycles. The first-order valence-corrected chi connectivity index (χ1v) is 20.2. The number of ether oxygens (including phenoxy) is 4.